The zero-order valence-corrected chi connectivity index (χ0v) is 18.9. The predicted octanol–water partition coefficient (Wildman–Crippen LogP) is 6.60. The minimum Gasteiger partial charge on any atom is -0.492 e. The van der Waals surface area contributed by atoms with Gasteiger partial charge < -0.3 is 4.74 Å². The van der Waals surface area contributed by atoms with Gasteiger partial charge in [-0.1, -0.05) is 36.2 Å². The monoisotopic (exact) mass is 455 g/mol. The molecule has 30 heavy (non-hydrogen) atoms. The first-order valence-corrected chi connectivity index (χ1v) is 12.4. The summed E-state index contributed by atoms with van der Waals surface area (Å²) in [5.41, 5.74) is 2.13. The molecule has 0 unspecified atom stereocenters. The van der Waals surface area contributed by atoms with E-state index in [9.17, 15) is 0 Å². The number of rotatable bonds is 6. The van der Waals surface area contributed by atoms with Crippen LogP contribution in [0.3, 0.4) is 0 Å². The first-order valence-electron chi connectivity index (χ1n) is 10.2. The Bertz CT molecular complexity index is 1140. The average molecular weight is 456 g/mol. The van der Waals surface area contributed by atoms with Gasteiger partial charge in [0.2, 0.25) is 0 Å². The Morgan fingerprint density at radius 1 is 1.03 bits per heavy atom. The van der Waals surface area contributed by atoms with Crippen LogP contribution >= 0.6 is 34.3 Å². The van der Waals surface area contributed by atoms with Crippen molar-refractivity contribution in [2.75, 3.05) is 26.2 Å². The lowest BCUT2D eigenvalue weighted by atomic mass is 10.1. The van der Waals surface area contributed by atoms with Crippen molar-refractivity contribution in [3.8, 4) is 27.6 Å². The van der Waals surface area contributed by atoms with Crippen molar-refractivity contribution in [1.82, 2.24) is 14.9 Å². The van der Waals surface area contributed by atoms with Gasteiger partial charge in [-0.3, -0.25) is 4.90 Å². The van der Waals surface area contributed by atoms with Gasteiger partial charge in [0, 0.05) is 17.5 Å². The Balaban J connectivity index is 1.37. The fraction of sp³-hybridized carbons (Fsp3) is 0.304. The van der Waals surface area contributed by atoms with E-state index in [0.29, 0.717) is 17.6 Å². The number of halogens is 1. The Morgan fingerprint density at radius 2 is 1.93 bits per heavy atom. The fourth-order valence-electron chi connectivity index (χ4n) is 3.86. The van der Waals surface area contributed by atoms with Crippen LogP contribution in [0.5, 0.6) is 5.75 Å². The van der Waals surface area contributed by atoms with Gasteiger partial charge in [0.15, 0.2) is 5.82 Å². The zero-order valence-electron chi connectivity index (χ0n) is 16.5. The number of hydrogen-bond acceptors (Lipinski definition) is 6. The minimum absolute atomic E-state index is 0.496. The Kier molecular flexibility index (Phi) is 6.00. The van der Waals surface area contributed by atoms with Crippen molar-refractivity contribution < 1.29 is 4.74 Å². The Labute approximate surface area is 189 Å². The fourth-order valence-corrected chi connectivity index (χ4v) is 5.79. The highest BCUT2D eigenvalue weighted by atomic mass is 35.5. The van der Waals surface area contributed by atoms with Gasteiger partial charge >= 0.3 is 0 Å². The van der Waals surface area contributed by atoms with Gasteiger partial charge in [0.25, 0.3) is 0 Å². The summed E-state index contributed by atoms with van der Waals surface area (Å²) in [5, 5.41) is 5.53. The highest BCUT2D eigenvalue weighted by Crippen LogP contribution is 2.39. The zero-order chi connectivity index (χ0) is 20.3. The molecule has 0 aliphatic carbocycles. The van der Waals surface area contributed by atoms with E-state index in [1.54, 1.807) is 22.7 Å². The molecule has 0 amide bonds. The smallest absolute Gasteiger partial charge is 0.172 e. The summed E-state index contributed by atoms with van der Waals surface area (Å²) in [6.45, 7) is 4.07. The van der Waals surface area contributed by atoms with Crippen LogP contribution in [0.25, 0.3) is 32.0 Å². The van der Waals surface area contributed by atoms with Gasteiger partial charge in [0.05, 0.1) is 10.3 Å². The van der Waals surface area contributed by atoms with Gasteiger partial charge in [-0.15, -0.1) is 22.7 Å². The lowest BCUT2D eigenvalue weighted by Crippen LogP contribution is -2.33. The number of aromatic nitrogens is 2. The van der Waals surface area contributed by atoms with E-state index in [2.05, 4.69) is 27.4 Å². The third kappa shape index (κ3) is 4.23. The van der Waals surface area contributed by atoms with Gasteiger partial charge in [-0.05, 0) is 55.1 Å². The molecule has 4 heterocycles. The maximum Gasteiger partial charge on any atom is 0.172 e. The molecule has 0 atom stereocenters. The molecule has 1 aromatic carbocycles. The number of likely N-dealkylation sites (tertiary alicyclic amines) is 1. The highest BCUT2D eigenvalue weighted by Gasteiger charge is 2.16. The van der Waals surface area contributed by atoms with Crippen LogP contribution < -0.4 is 4.74 Å². The molecule has 0 radical (unpaired) electrons. The summed E-state index contributed by atoms with van der Waals surface area (Å²) >= 11 is 9.82. The quantitative estimate of drug-likeness (QED) is 0.307. The minimum atomic E-state index is 0.496. The highest BCUT2D eigenvalue weighted by molar-refractivity contribution is 7.17. The first kappa shape index (κ1) is 19.9. The number of fused-ring (bicyclic) bond motifs is 1. The van der Waals surface area contributed by atoms with E-state index in [4.69, 9.17) is 21.3 Å². The van der Waals surface area contributed by atoms with Crippen LogP contribution in [0.2, 0.25) is 5.15 Å². The van der Waals surface area contributed by atoms with E-state index >= 15 is 0 Å². The van der Waals surface area contributed by atoms with Gasteiger partial charge in [0.1, 0.15) is 22.3 Å². The Morgan fingerprint density at radius 3 is 2.77 bits per heavy atom. The molecule has 1 fully saturated rings. The predicted molar refractivity (Wildman–Crippen MR) is 127 cm³/mol. The van der Waals surface area contributed by atoms with Gasteiger partial charge in [-0.2, -0.15) is 0 Å². The second-order valence-electron chi connectivity index (χ2n) is 7.42. The SMILES string of the molecule is Clc1nc(-c2cccs2)nc2scc(-c3cccc(OCCN4CCCCC4)c3)c12. The molecule has 1 aliphatic rings. The molecule has 5 rings (SSSR count). The van der Waals surface area contributed by atoms with Crippen molar-refractivity contribution in [1.29, 1.82) is 0 Å². The van der Waals surface area contributed by atoms with Crippen molar-refractivity contribution >= 4 is 44.5 Å². The normalized spacial score (nSPS) is 15.0. The largest absolute Gasteiger partial charge is 0.492 e. The molecule has 1 aliphatic heterocycles. The maximum absolute atomic E-state index is 6.61. The third-order valence-electron chi connectivity index (χ3n) is 5.40. The van der Waals surface area contributed by atoms with Crippen molar-refractivity contribution in [3.05, 3.63) is 52.3 Å². The van der Waals surface area contributed by atoms with E-state index in [0.717, 1.165) is 38.5 Å². The topological polar surface area (TPSA) is 38.3 Å². The number of piperidine rings is 1. The van der Waals surface area contributed by atoms with Gasteiger partial charge in [-0.25, -0.2) is 9.97 Å². The van der Waals surface area contributed by atoms with E-state index in [-0.39, 0.29) is 0 Å². The molecule has 4 nitrogen and oxygen atoms in total. The van der Waals surface area contributed by atoms with Crippen molar-refractivity contribution in [3.63, 3.8) is 0 Å². The van der Waals surface area contributed by atoms with Crippen molar-refractivity contribution in [2.45, 2.75) is 19.3 Å². The summed E-state index contributed by atoms with van der Waals surface area (Å²) < 4.78 is 6.06. The van der Waals surface area contributed by atoms with E-state index in [1.807, 2.05) is 29.6 Å². The molecule has 0 saturated carbocycles. The van der Waals surface area contributed by atoms with Crippen LogP contribution in [-0.4, -0.2) is 41.1 Å². The molecule has 0 bridgehead atoms. The standard InChI is InChI=1S/C23H22ClN3OS2/c24-21-20-18(15-30-23(20)26-22(25-21)19-8-5-13-29-19)16-6-4-7-17(14-16)28-12-11-27-9-2-1-3-10-27/h4-8,13-15H,1-3,9-12H2. The lowest BCUT2D eigenvalue weighted by molar-refractivity contribution is 0.183. The molecule has 1 saturated heterocycles. The number of ether oxygens (including phenoxy) is 1. The summed E-state index contributed by atoms with van der Waals surface area (Å²) in [6.07, 6.45) is 3.96. The molecule has 7 heteroatoms. The van der Waals surface area contributed by atoms with Crippen LogP contribution in [0, 0.1) is 0 Å². The second-order valence-corrected chi connectivity index (χ2v) is 9.59. The molecule has 154 valence electrons. The molecule has 0 spiro atoms. The number of nitrogens with zero attached hydrogens (tertiary/aromatic N) is 3. The van der Waals surface area contributed by atoms with E-state index < -0.39 is 0 Å². The van der Waals surface area contributed by atoms with Crippen LogP contribution in [0.4, 0.5) is 0 Å². The average Bonchev–Trinajstić information content (AvgIpc) is 3.45. The molecule has 0 N–H and O–H groups in total. The summed E-state index contributed by atoms with van der Waals surface area (Å²) in [5.74, 6) is 1.57. The van der Waals surface area contributed by atoms with Crippen molar-refractivity contribution in [2.24, 2.45) is 0 Å². The van der Waals surface area contributed by atoms with E-state index in [1.165, 1.54) is 32.4 Å². The van der Waals surface area contributed by atoms with Crippen LogP contribution in [0.15, 0.2) is 47.2 Å². The summed E-state index contributed by atoms with van der Waals surface area (Å²) in [4.78, 5) is 13.7. The lowest BCUT2D eigenvalue weighted by Gasteiger charge is -2.26. The molecular formula is C23H22ClN3OS2. The number of benzene rings is 1. The maximum atomic E-state index is 6.61. The number of thiophene rings is 2. The Hall–Kier alpha value is -1.99. The summed E-state index contributed by atoms with van der Waals surface area (Å²) in [7, 11) is 0. The molecule has 4 aromatic rings. The molecular weight excluding hydrogens is 434 g/mol. The van der Waals surface area contributed by atoms with Crippen LogP contribution in [-0.2, 0) is 0 Å². The summed E-state index contributed by atoms with van der Waals surface area (Å²) in [6, 6.07) is 12.2. The molecule has 3 aromatic heterocycles. The second kappa shape index (κ2) is 9.02. The first-order chi connectivity index (χ1) is 14.8. The third-order valence-corrected chi connectivity index (χ3v) is 7.41. The number of hydrogen-bond donors (Lipinski definition) is 0. The van der Waals surface area contributed by atoms with Crippen LogP contribution in [0.1, 0.15) is 19.3 Å².